The van der Waals surface area contributed by atoms with Gasteiger partial charge in [-0.25, -0.2) is 4.79 Å². The van der Waals surface area contributed by atoms with Gasteiger partial charge in [-0.3, -0.25) is 0 Å². The third-order valence-corrected chi connectivity index (χ3v) is 1.81. The Morgan fingerprint density at radius 2 is 2.08 bits per heavy atom. The number of hydrogen-bond acceptors (Lipinski definition) is 1. The molecule has 0 aromatic heterocycles. The van der Waals surface area contributed by atoms with E-state index >= 15 is 0 Å². The van der Waals surface area contributed by atoms with Gasteiger partial charge in [-0.1, -0.05) is 39.5 Å². The number of aliphatic carboxylic acids is 1. The van der Waals surface area contributed by atoms with Gasteiger partial charge in [-0.15, -0.1) is 0 Å². The van der Waals surface area contributed by atoms with E-state index in [9.17, 15) is 4.79 Å². The van der Waals surface area contributed by atoms with Crippen LogP contribution in [0.3, 0.4) is 0 Å². The highest BCUT2D eigenvalue weighted by Gasteiger charge is 2.23. The van der Waals surface area contributed by atoms with Crippen LogP contribution in [0.1, 0.15) is 27.2 Å². The van der Waals surface area contributed by atoms with Gasteiger partial charge in [0.25, 0.3) is 0 Å². The normalized spacial score (nSPS) is 11.9. The second-order valence-electron chi connectivity index (χ2n) is 3.32. The first-order valence-corrected chi connectivity index (χ1v) is 4.02. The van der Waals surface area contributed by atoms with Crippen LogP contribution in [0.15, 0.2) is 24.3 Å². The van der Waals surface area contributed by atoms with Gasteiger partial charge in [0.1, 0.15) is 0 Å². The van der Waals surface area contributed by atoms with E-state index in [4.69, 9.17) is 5.11 Å². The monoisotopic (exact) mass is 168 g/mol. The van der Waals surface area contributed by atoms with Crippen LogP contribution in [-0.2, 0) is 4.79 Å². The zero-order valence-corrected chi connectivity index (χ0v) is 7.92. The van der Waals surface area contributed by atoms with Crippen molar-refractivity contribution in [1.82, 2.24) is 0 Å². The predicted molar refractivity (Wildman–Crippen MR) is 50.0 cm³/mol. The molecule has 68 valence electrons. The highest BCUT2D eigenvalue weighted by Crippen LogP contribution is 2.26. The Balaban J connectivity index is 4.50. The zero-order valence-electron chi connectivity index (χ0n) is 7.92. The number of allylic oxidation sites excluding steroid dienone is 2. The minimum atomic E-state index is -0.930. The third kappa shape index (κ3) is 2.91. The van der Waals surface area contributed by atoms with Crippen molar-refractivity contribution in [2.45, 2.75) is 27.2 Å². The van der Waals surface area contributed by atoms with E-state index < -0.39 is 11.4 Å². The molecule has 0 saturated heterocycles. The van der Waals surface area contributed by atoms with Crippen LogP contribution in [-0.4, -0.2) is 11.1 Å². The van der Waals surface area contributed by atoms with Gasteiger partial charge in [0, 0.05) is 11.0 Å². The summed E-state index contributed by atoms with van der Waals surface area (Å²) in [4.78, 5) is 10.6. The van der Waals surface area contributed by atoms with Gasteiger partial charge >= 0.3 is 5.97 Å². The average molecular weight is 168 g/mol. The number of carboxylic acids is 1. The van der Waals surface area contributed by atoms with E-state index in [1.54, 1.807) is 0 Å². The summed E-state index contributed by atoms with van der Waals surface area (Å²) in [5, 5.41) is 8.68. The summed E-state index contributed by atoms with van der Waals surface area (Å²) < 4.78 is 0. The molecule has 0 atom stereocenters. The van der Waals surface area contributed by atoms with E-state index in [1.807, 2.05) is 32.9 Å². The molecule has 0 saturated carbocycles. The Hall–Kier alpha value is -1.05. The van der Waals surface area contributed by atoms with Crippen LogP contribution < -0.4 is 0 Å². The summed E-state index contributed by atoms with van der Waals surface area (Å²) >= 11 is 0. The Labute approximate surface area is 73.6 Å². The first kappa shape index (κ1) is 11.0. The fraction of sp³-hybridized carbons (Fsp3) is 0.500. The Kier molecular flexibility index (Phi) is 3.74. The highest BCUT2D eigenvalue weighted by molar-refractivity contribution is 5.87. The van der Waals surface area contributed by atoms with Crippen molar-refractivity contribution >= 4 is 5.97 Å². The molecular weight excluding hydrogens is 152 g/mol. The molecule has 0 heterocycles. The molecular formula is C10H16O2. The van der Waals surface area contributed by atoms with Crippen molar-refractivity contribution in [3.8, 4) is 0 Å². The van der Waals surface area contributed by atoms with Gasteiger partial charge in [-0.2, -0.15) is 0 Å². The quantitative estimate of drug-likeness (QED) is 0.517. The van der Waals surface area contributed by atoms with Crippen molar-refractivity contribution in [3.05, 3.63) is 24.3 Å². The van der Waals surface area contributed by atoms with Crippen LogP contribution in [0.5, 0.6) is 0 Å². The standard InChI is InChI=1S/C10H16O2/c1-5-6-7-10(3,4)8(2)9(11)12/h6-7H,2,5H2,1,3-4H3,(H,11,12). The second kappa shape index (κ2) is 4.10. The Bertz CT molecular complexity index is 212. The first-order valence-electron chi connectivity index (χ1n) is 4.02. The Morgan fingerprint density at radius 3 is 2.42 bits per heavy atom. The molecule has 0 amide bonds. The molecule has 0 aliphatic rings. The van der Waals surface area contributed by atoms with Gasteiger partial charge in [0.05, 0.1) is 0 Å². The average Bonchev–Trinajstić information content (AvgIpc) is 1.99. The van der Waals surface area contributed by atoms with Crippen molar-refractivity contribution in [2.24, 2.45) is 5.41 Å². The maximum atomic E-state index is 10.6. The maximum Gasteiger partial charge on any atom is 0.331 e. The summed E-state index contributed by atoms with van der Waals surface area (Å²) in [5.74, 6) is -0.930. The lowest BCUT2D eigenvalue weighted by atomic mass is 9.84. The van der Waals surface area contributed by atoms with Gasteiger partial charge < -0.3 is 5.11 Å². The summed E-state index contributed by atoms with van der Waals surface area (Å²) in [6.07, 6.45) is 4.74. The molecule has 2 nitrogen and oxygen atoms in total. The summed E-state index contributed by atoms with van der Waals surface area (Å²) in [6.45, 7) is 9.22. The highest BCUT2D eigenvalue weighted by atomic mass is 16.4. The number of carbonyl (C=O) groups is 1. The summed E-state index contributed by atoms with van der Waals surface area (Å²) in [7, 11) is 0. The van der Waals surface area contributed by atoms with Crippen LogP contribution in [0.2, 0.25) is 0 Å². The molecule has 0 radical (unpaired) electrons. The van der Waals surface area contributed by atoms with E-state index in [2.05, 4.69) is 6.58 Å². The SMILES string of the molecule is C=C(C(=O)O)C(C)(C)C=CCC. The number of carboxylic acid groups (broad SMARTS) is 1. The fourth-order valence-corrected chi connectivity index (χ4v) is 0.789. The van der Waals surface area contributed by atoms with Crippen molar-refractivity contribution in [1.29, 1.82) is 0 Å². The van der Waals surface area contributed by atoms with Crippen molar-refractivity contribution < 1.29 is 9.90 Å². The lowest BCUT2D eigenvalue weighted by Gasteiger charge is -2.19. The zero-order chi connectivity index (χ0) is 9.78. The predicted octanol–water partition coefficient (Wildman–Crippen LogP) is 2.62. The summed E-state index contributed by atoms with van der Waals surface area (Å²) in [5.41, 5.74) is -0.214. The van der Waals surface area contributed by atoms with Crippen LogP contribution in [0.25, 0.3) is 0 Å². The minimum absolute atomic E-state index is 0.229. The third-order valence-electron chi connectivity index (χ3n) is 1.81. The van der Waals surface area contributed by atoms with E-state index in [0.717, 1.165) is 6.42 Å². The topological polar surface area (TPSA) is 37.3 Å². The maximum absolute atomic E-state index is 10.6. The molecule has 0 aromatic rings. The van der Waals surface area contributed by atoms with Gasteiger partial charge in [0.15, 0.2) is 0 Å². The number of hydrogen-bond donors (Lipinski definition) is 1. The molecule has 1 N–H and O–H groups in total. The van der Waals surface area contributed by atoms with Crippen molar-refractivity contribution in [3.63, 3.8) is 0 Å². The van der Waals surface area contributed by atoms with Gasteiger partial charge in [0.2, 0.25) is 0 Å². The molecule has 0 aliphatic carbocycles. The van der Waals surface area contributed by atoms with Crippen LogP contribution >= 0.6 is 0 Å². The number of rotatable bonds is 4. The molecule has 0 aromatic carbocycles. The lowest BCUT2D eigenvalue weighted by Crippen LogP contribution is -2.17. The molecule has 0 aliphatic heterocycles. The molecule has 12 heavy (non-hydrogen) atoms. The minimum Gasteiger partial charge on any atom is -0.478 e. The lowest BCUT2D eigenvalue weighted by molar-refractivity contribution is -0.133. The first-order chi connectivity index (χ1) is 5.41. The van der Waals surface area contributed by atoms with Crippen LogP contribution in [0, 0.1) is 5.41 Å². The molecule has 2 heteroatoms. The second-order valence-corrected chi connectivity index (χ2v) is 3.32. The fourth-order valence-electron chi connectivity index (χ4n) is 0.789. The van der Waals surface area contributed by atoms with Crippen LogP contribution in [0.4, 0.5) is 0 Å². The van der Waals surface area contributed by atoms with E-state index in [1.165, 1.54) is 0 Å². The molecule has 0 bridgehead atoms. The Morgan fingerprint density at radius 1 is 1.58 bits per heavy atom. The molecule has 0 fully saturated rings. The molecule has 0 rings (SSSR count). The largest absolute Gasteiger partial charge is 0.478 e. The van der Waals surface area contributed by atoms with Gasteiger partial charge in [-0.05, 0) is 6.42 Å². The summed E-state index contributed by atoms with van der Waals surface area (Å²) in [6, 6.07) is 0. The molecule has 0 spiro atoms. The van der Waals surface area contributed by atoms with Crippen molar-refractivity contribution in [2.75, 3.05) is 0 Å². The van der Waals surface area contributed by atoms with E-state index in [-0.39, 0.29) is 5.57 Å². The van der Waals surface area contributed by atoms with E-state index in [0.29, 0.717) is 0 Å². The smallest absolute Gasteiger partial charge is 0.331 e. The molecule has 0 unspecified atom stereocenters.